The Hall–Kier alpha value is -5.25. The number of carbonyl (C=O) groups excluding carboxylic acids is 7. The number of rotatable bonds is 11. The number of allylic oxidation sites excluding steroid dienone is 1. The van der Waals surface area contributed by atoms with Gasteiger partial charge in [0.1, 0.15) is 41.5 Å². The highest BCUT2D eigenvalue weighted by Crippen LogP contribution is 2.42. The van der Waals surface area contributed by atoms with Crippen molar-refractivity contribution >= 4 is 64.4 Å². The topological polar surface area (TPSA) is 264 Å². The number of nitrogens with one attached hydrogen (secondary N) is 4. The minimum atomic E-state index is -1.58. The fraction of sp³-hybridized carbons (Fsp3) is 0.550. The van der Waals surface area contributed by atoms with Crippen molar-refractivity contribution < 1.29 is 53.3 Å². The molecule has 18 heteroatoms. The molecule has 1 saturated heterocycles. The van der Waals surface area contributed by atoms with Gasteiger partial charge in [0.25, 0.3) is 0 Å². The van der Waals surface area contributed by atoms with Crippen LogP contribution in [0.4, 0.5) is 0 Å². The van der Waals surface area contributed by atoms with E-state index in [1.165, 1.54) is 18.9 Å². The van der Waals surface area contributed by atoms with Gasteiger partial charge in [-0.15, -0.1) is 24.1 Å². The number of Topliss-reactive ketones (excluding diaryl/α,β-unsaturated/α-hetero) is 2. The summed E-state index contributed by atoms with van der Waals surface area (Å²) in [5.41, 5.74) is 8.83. The number of hydrogen-bond acceptors (Lipinski definition) is 12. The van der Waals surface area contributed by atoms with E-state index in [1.54, 1.807) is 13.0 Å². The van der Waals surface area contributed by atoms with Crippen molar-refractivity contribution in [2.45, 2.75) is 108 Å². The number of thioether (sulfide) groups is 1. The van der Waals surface area contributed by atoms with Gasteiger partial charge < -0.3 is 46.9 Å². The lowest BCUT2D eigenvalue weighted by Crippen LogP contribution is -2.58. The zero-order valence-electron chi connectivity index (χ0n) is 32.8. The average Bonchev–Trinajstić information content (AvgIpc) is 3.76. The van der Waals surface area contributed by atoms with Crippen LogP contribution in [0.1, 0.15) is 76.3 Å². The highest BCUT2D eigenvalue weighted by atomic mass is 32.2. The number of amides is 5. The molecule has 0 bridgehead atoms. The molecular weight excluding hydrogens is 773 g/mol. The maximum absolute atomic E-state index is 14.2. The summed E-state index contributed by atoms with van der Waals surface area (Å²) in [6.45, 7) is 2.62. The number of nitrogens with zero attached hydrogens (tertiary/aromatic N) is 1. The minimum Gasteiger partial charge on any atom is -0.497 e. The third-order valence-electron chi connectivity index (χ3n) is 10.5. The lowest BCUT2D eigenvalue weighted by Gasteiger charge is -2.28. The zero-order chi connectivity index (χ0) is 42.7. The van der Waals surface area contributed by atoms with Gasteiger partial charge in [-0.3, -0.25) is 33.6 Å². The van der Waals surface area contributed by atoms with Crippen molar-refractivity contribution in [1.82, 2.24) is 26.2 Å². The first-order chi connectivity index (χ1) is 27.6. The Bertz CT molecular complexity index is 1860. The number of benzene rings is 1. The van der Waals surface area contributed by atoms with E-state index in [0.717, 1.165) is 26.5 Å². The summed E-state index contributed by atoms with van der Waals surface area (Å²) in [6, 6.07) is -0.992. The fourth-order valence-corrected chi connectivity index (χ4v) is 8.26. The third-order valence-corrected chi connectivity index (χ3v) is 11.8. The first-order valence-electron chi connectivity index (χ1n) is 19.2. The van der Waals surface area contributed by atoms with Crippen molar-refractivity contribution in [2.75, 3.05) is 26.0 Å². The fourth-order valence-electron chi connectivity index (χ4n) is 7.03. The molecule has 1 aromatic carbocycles. The number of methoxy groups -OCH3 is 1. The molecular formula is C40H52N6O11S. The van der Waals surface area contributed by atoms with Crippen LogP contribution < -0.4 is 31.7 Å². The Balaban J connectivity index is 1.70. The quantitative estimate of drug-likeness (QED) is 0.143. The molecule has 8 N–H and O–H groups in total. The number of aliphatic hydroxyl groups excluding tert-OH is 1. The summed E-state index contributed by atoms with van der Waals surface area (Å²) in [5, 5.41) is 30.3. The predicted octanol–water partition coefficient (Wildman–Crippen LogP) is -0.188. The largest absolute Gasteiger partial charge is 0.497 e. The van der Waals surface area contributed by atoms with E-state index < -0.39 is 90.6 Å². The molecule has 1 fully saturated rings. The zero-order valence-corrected chi connectivity index (χ0v) is 33.7. The predicted molar refractivity (Wildman–Crippen MR) is 213 cm³/mol. The van der Waals surface area contributed by atoms with Crippen LogP contribution in [0.2, 0.25) is 0 Å². The highest BCUT2D eigenvalue weighted by Gasteiger charge is 2.42. The van der Waals surface area contributed by atoms with E-state index in [1.807, 2.05) is 19.1 Å². The molecule has 5 amide bonds. The number of aliphatic carboxylic acids is 1. The first kappa shape index (κ1) is 45.5. The molecule has 0 saturated carbocycles. The van der Waals surface area contributed by atoms with Gasteiger partial charge in [0, 0.05) is 57.2 Å². The minimum absolute atomic E-state index is 0.0530. The van der Waals surface area contributed by atoms with Crippen molar-refractivity contribution in [2.24, 2.45) is 11.7 Å². The molecule has 0 spiro atoms. The van der Waals surface area contributed by atoms with E-state index >= 15 is 0 Å². The number of nitrogens with two attached hydrogens (primary N) is 1. The summed E-state index contributed by atoms with van der Waals surface area (Å²) in [6.07, 6.45) is 3.87. The van der Waals surface area contributed by atoms with E-state index in [-0.39, 0.29) is 62.5 Å². The van der Waals surface area contributed by atoms with E-state index in [0.29, 0.717) is 18.6 Å². The lowest BCUT2D eigenvalue weighted by molar-refractivity contribution is -0.149. The molecule has 7 atom stereocenters. The van der Waals surface area contributed by atoms with Crippen molar-refractivity contribution in [1.29, 1.82) is 0 Å². The van der Waals surface area contributed by atoms with Crippen LogP contribution in [0, 0.1) is 18.3 Å². The number of fused-ring (bicyclic) bond motifs is 2. The third kappa shape index (κ3) is 11.9. The number of ketones is 2. The van der Waals surface area contributed by atoms with Gasteiger partial charge in [0.2, 0.25) is 29.5 Å². The highest BCUT2D eigenvalue weighted by molar-refractivity contribution is 8.03. The molecule has 1 aromatic rings. The molecule has 3 aliphatic rings. The maximum atomic E-state index is 14.2. The second-order valence-electron chi connectivity index (χ2n) is 14.7. The Labute approximate surface area is 341 Å². The summed E-state index contributed by atoms with van der Waals surface area (Å²) >= 11 is 1.20. The number of aliphatic hydroxyl groups is 1. The monoisotopic (exact) mass is 824 g/mol. The normalized spacial score (nSPS) is 24.4. The summed E-state index contributed by atoms with van der Waals surface area (Å²) in [7, 11) is 1.52. The van der Waals surface area contributed by atoms with Crippen LogP contribution in [0.3, 0.4) is 0 Å². The number of carboxylic acids is 1. The number of β-amino-alcohol motifs (C(OH)–C–C–N with tert-alkyl or cyclic N) is 1. The van der Waals surface area contributed by atoms with Gasteiger partial charge >= 0.3 is 5.97 Å². The Morgan fingerprint density at radius 3 is 2.55 bits per heavy atom. The standard InChI is InChI=1S/C40H52N6O11S/c1-5-7-8-23(47)15-29(39(54)46-19-24(48)16-31(46)40(55)56)44-37(52)30-20-58-33-14-22-13-25(57-4)9-10-26(22)27(33)17-28(41)32(49)11-12-34(50)45-36(21(3)6-2)38(53)42-18-35(51)43-30/h1,9-10,13,21,24,28-31,36,48H,6-8,11-12,14-20,41H2,2-4H3,(H,42,53)(H,43,51)(H,44,52)(H,45,50)(H,55,56)/t21-,24+,28+,29+,30+,31-,36-/m0/s1. The van der Waals surface area contributed by atoms with Crippen molar-refractivity contribution in [3.05, 3.63) is 34.2 Å². The Morgan fingerprint density at radius 2 is 1.88 bits per heavy atom. The van der Waals surface area contributed by atoms with Gasteiger partial charge in [-0.05, 0) is 46.1 Å². The molecule has 17 nitrogen and oxygen atoms in total. The molecule has 0 radical (unpaired) electrons. The number of terminal acetylenes is 1. The van der Waals surface area contributed by atoms with Gasteiger partial charge in [-0.2, -0.15) is 0 Å². The molecule has 0 unspecified atom stereocenters. The molecule has 4 rings (SSSR count). The van der Waals surface area contributed by atoms with Crippen LogP contribution in [0.25, 0.3) is 5.57 Å². The number of hydrogen-bond donors (Lipinski definition) is 7. The molecule has 58 heavy (non-hydrogen) atoms. The number of ether oxygens (including phenoxy) is 1. The summed E-state index contributed by atoms with van der Waals surface area (Å²) in [4.78, 5) is 108. The molecule has 314 valence electrons. The Morgan fingerprint density at radius 1 is 1.14 bits per heavy atom. The van der Waals surface area contributed by atoms with Crippen LogP contribution >= 0.6 is 11.8 Å². The van der Waals surface area contributed by atoms with Crippen molar-refractivity contribution in [3.63, 3.8) is 0 Å². The SMILES string of the molecule is C#CCCC(=O)C[C@@H](NC(=O)[C@H]1CSC2=C(C[C@@H](N)C(=O)CCC(=O)N[C@@H]([C@@H](C)CC)C(=O)NCC(=O)N1)c1ccc(OC)cc1C2)C(=O)N1C[C@H](O)C[C@H]1C(=O)O. The number of likely N-dealkylation sites (tertiary alicyclic amines) is 1. The van der Waals surface area contributed by atoms with Crippen LogP contribution in [-0.4, -0.2) is 124 Å². The average molecular weight is 825 g/mol. The Kier molecular flexibility index (Phi) is 16.4. The molecule has 2 heterocycles. The van der Waals surface area contributed by atoms with Gasteiger partial charge in [-0.25, -0.2) is 4.79 Å². The molecule has 1 aliphatic carbocycles. The summed E-state index contributed by atoms with van der Waals surface area (Å²) in [5.74, 6) is -3.59. The maximum Gasteiger partial charge on any atom is 0.326 e. The van der Waals surface area contributed by atoms with Gasteiger partial charge in [0.05, 0.1) is 25.8 Å². The van der Waals surface area contributed by atoms with Crippen LogP contribution in [-0.2, 0) is 44.8 Å². The van der Waals surface area contributed by atoms with Crippen LogP contribution in [0.15, 0.2) is 23.1 Å². The molecule has 2 aliphatic heterocycles. The number of carboxylic acid groups (broad SMARTS) is 1. The molecule has 0 aromatic heterocycles. The lowest BCUT2D eigenvalue weighted by atomic mass is 9.95. The second-order valence-corrected chi connectivity index (χ2v) is 15.8. The van der Waals surface area contributed by atoms with Gasteiger partial charge in [-0.1, -0.05) is 26.3 Å². The van der Waals surface area contributed by atoms with E-state index in [2.05, 4.69) is 27.2 Å². The van der Waals surface area contributed by atoms with E-state index in [4.69, 9.17) is 16.9 Å². The number of carbonyl (C=O) groups is 8. The van der Waals surface area contributed by atoms with Gasteiger partial charge in [0.15, 0.2) is 0 Å². The summed E-state index contributed by atoms with van der Waals surface area (Å²) < 4.78 is 5.42. The first-order valence-corrected chi connectivity index (χ1v) is 20.2. The second kappa shape index (κ2) is 21.0. The van der Waals surface area contributed by atoms with Crippen molar-refractivity contribution in [3.8, 4) is 18.1 Å². The van der Waals surface area contributed by atoms with Crippen LogP contribution in [0.5, 0.6) is 5.75 Å². The smallest absolute Gasteiger partial charge is 0.326 e. The van der Waals surface area contributed by atoms with E-state index in [9.17, 15) is 48.6 Å².